The van der Waals surface area contributed by atoms with Crippen molar-refractivity contribution in [3.63, 3.8) is 0 Å². The summed E-state index contributed by atoms with van der Waals surface area (Å²) in [6, 6.07) is 6.75. The molecule has 1 aliphatic heterocycles. The van der Waals surface area contributed by atoms with Crippen molar-refractivity contribution in [2.75, 3.05) is 30.4 Å². The molecule has 0 spiro atoms. The van der Waals surface area contributed by atoms with Crippen LogP contribution in [-0.2, 0) is 14.4 Å². The highest BCUT2D eigenvalue weighted by molar-refractivity contribution is 5.98. The molecule has 1 unspecified atom stereocenters. The van der Waals surface area contributed by atoms with Gasteiger partial charge in [-0.25, -0.2) is 0 Å². The second-order valence-corrected chi connectivity index (χ2v) is 5.99. The number of halogens is 1. The van der Waals surface area contributed by atoms with E-state index >= 15 is 0 Å². The van der Waals surface area contributed by atoms with E-state index in [4.69, 9.17) is 5.11 Å². The second kappa shape index (κ2) is 9.39. The largest absolute Gasteiger partial charge is 0.481 e. The predicted molar refractivity (Wildman–Crippen MR) is 98.3 cm³/mol. The number of carboxylic acids is 1. The van der Waals surface area contributed by atoms with Gasteiger partial charge in [0.2, 0.25) is 11.8 Å². The highest BCUT2D eigenvalue weighted by atomic mass is 35.5. The Balaban J connectivity index is 0.00000312. The van der Waals surface area contributed by atoms with E-state index in [0.717, 1.165) is 12.1 Å². The summed E-state index contributed by atoms with van der Waals surface area (Å²) in [5.74, 6) is -1.01. The maximum absolute atomic E-state index is 12.3. The molecular weight excluding hydrogens is 346 g/mol. The first-order chi connectivity index (χ1) is 11.4. The first kappa shape index (κ1) is 20.9. The lowest BCUT2D eigenvalue weighted by Crippen LogP contribution is -2.40. The van der Waals surface area contributed by atoms with Gasteiger partial charge in [-0.05, 0) is 38.6 Å². The zero-order valence-electron chi connectivity index (χ0n) is 14.4. The third-order valence-electron chi connectivity index (χ3n) is 4.22. The molecule has 138 valence electrons. The van der Waals surface area contributed by atoms with Gasteiger partial charge in [-0.1, -0.05) is 6.07 Å². The minimum Gasteiger partial charge on any atom is -0.481 e. The lowest BCUT2D eigenvalue weighted by molar-refractivity contribution is -0.137. The van der Waals surface area contributed by atoms with Crippen molar-refractivity contribution in [2.24, 2.45) is 0 Å². The maximum atomic E-state index is 12.3. The van der Waals surface area contributed by atoms with E-state index in [1.807, 2.05) is 6.07 Å². The number of hydrogen-bond acceptors (Lipinski definition) is 4. The molecule has 0 bridgehead atoms. The van der Waals surface area contributed by atoms with Gasteiger partial charge in [0.15, 0.2) is 0 Å². The van der Waals surface area contributed by atoms with Gasteiger partial charge in [0.1, 0.15) is 0 Å². The molecule has 2 N–H and O–H groups in total. The van der Waals surface area contributed by atoms with Crippen LogP contribution in [0.4, 0.5) is 11.4 Å². The Hall–Kier alpha value is -2.12. The van der Waals surface area contributed by atoms with Crippen LogP contribution in [0, 0.1) is 0 Å². The summed E-state index contributed by atoms with van der Waals surface area (Å²) in [7, 11) is 1.71. The highest BCUT2D eigenvalue weighted by Crippen LogP contribution is 2.24. The number of hydrogen-bond donors (Lipinski definition) is 2. The van der Waals surface area contributed by atoms with Gasteiger partial charge in [-0.3, -0.25) is 19.3 Å². The molecule has 7 nitrogen and oxygen atoms in total. The van der Waals surface area contributed by atoms with Gasteiger partial charge in [0.05, 0.1) is 12.5 Å². The Morgan fingerprint density at radius 1 is 1.40 bits per heavy atom. The Morgan fingerprint density at radius 2 is 2.12 bits per heavy atom. The van der Waals surface area contributed by atoms with Crippen LogP contribution in [0.2, 0.25) is 0 Å². The molecule has 1 aromatic rings. The van der Waals surface area contributed by atoms with Crippen LogP contribution in [0.1, 0.15) is 26.2 Å². The number of carbonyl (C=O) groups excluding carboxylic acids is 2. The minimum atomic E-state index is -0.891. The van der Waals surface area contributed by atoms with Gasteiger partial charge in [0, 0.05) is 30.9 Å². The average Bonchev–Trinajstić information content (AvgIpc) is 2.98. The smallest absolute Gasteiger partial charge is 0.304 e. The fraction of sp³-hybridized carbons (Fsp3) is 0.471. The third kappa shape index (κ3) is 5.72. The van der Waals surface area contributed by atoms with Gasteiger partial charge >= 0.3 is 5.97 Å². The van der Waals surface area contributed by atoms with E-state index in [0.29, 0.717) is 25.2 Å². The number of benzene rings is 1. The number of amides is 2. The third-order valence-corrected chi connectivity index (χ3v) is 4.22. The number of anilines is 2. The van der Waals surface area contributed by atoms with E-state index < -0.39 is 12.0 Å². The zero-order valence-corrected chi connectivity index (χ0v) is 15.2. The van der Waals surface area contributed by atoms with Crippen LogP contribution in [0.15, 0.2) is 24.3 Å². The van der Waals surface area contributed by atoms with Crippen LogP contribution in [0.5, 0.6) is 0 Å². The zero-order chi connectivity index (χ0) is 17.7. The van der Waals surface area contributed by atoms with Crippen molar-refractivity contribution >= 4 is 41.6 Å². The highest BCUT2D eigenvalue weighted by Gasteiger charge is 2.22. The molecule has 25 heavy (non-hydrogen) atoms. The number of rotatable bonds is 7. The number of aliphatic carboxylic acids is 1. The monoisotopic (exact) mass is 369 g/mol. The molecule has 1 heterocycles. The summed E-state index contributed by atoms with van der Waals surface area (Å²) >= 11 is 0. The first-order valence-corrected chi connectivity index (χ1v) is 8.02. The summed E-state index contributed by atoms with van der Waals surface area (Å²) in [4.78, 5) is 38.2. The summed E-state index contributed by atoms with van der Waals surface area (Å²) in [6.45, 7) is 2.72. The lowest BCUT2D eigenvalue weighted by Gasteiger charge is -2.23. The first-order valence-electron chi connectivity index (χ1n) is 8.02. The van der Waals surface area contributed by atoms with Crippen LogP contribution in [0.3, 0.4) is 0 Å². The van der Waals surface area contributed by atoms with Crippen molar-refractivity contribution < 1.29 is 19.5 Å². The topological polar surface area (TPSA) is 90.0 Å². The van der Waals surface area contributed by atoms with E-state index in [-0.39, 0.29) is 30.6 Å². The van der Waals surface area contributed by atoms with E-state index in [1.54, 1.807) is 42.0 Å². The molecule has 1 atom stereocenters. The molecule has 0 aromatic heterocycles. The van der Waals surface area contributed by atoms with Crippen LogP contribution < -0.4 is 10.2 Å². The Labute approximate surface area is 153 Å². The summed E-state index contributed by atoms with van der Waals surface area (Å²) in [5, 5.41) is 11.5. The summed E-state index contributed by atoms with van der Waals surface area (Å²) < 4.78 is 0. The molecule has 8 heteroatoms. The van der Waals surface area contributed by atoms with Gasteiger partial charge in [-0.15, -0.1) is 12.4 Å². The number of likely N-dealkylation sites (N-methyl/N-ethyl adjacent to an activating group) is 1. The molecule has 0 radical (unpaired) electrons. The predicted octanol–water partition coefficient (Wildman–Crippen LogP) is 1.97. The molecule has 1 aromatic carbocycles. The van der Waals surface area contributed by atoms with Crippen molar-refractivity contribution in [3.8, 4) is 0 Å². The molecule has 0 aliphatic carbocycles. The van der Waals surface area contributed by atoms with E-state index in [9.17, 15) is 14.4 Å². The van der Waals surface area contributed by atoms with Crippen LogP contribution in [-0.4, -0.2) is 54.0 Å². The summed E-state index contributed by atoms with van der Waals surface area (Å²) in [5.41, 5.74) is 1.40. The lowest BCUT2D eigenvalue weighted by atomic mass is 10.2. The number of nitrogens with zero attached hydrogens (tertiary/aromatic N) is 2. The van der Waals surface area contributed by atoms with Crippen molar-refractivity contribution in [1.29, 1.82) is 0 Å². The fourth-order valence-corrected chi connectivity index (χ4v) is 2.59. The Bertz CT molecular complexity index is 638. The quantitative estimate of drug-likeness (QED) is 0.766. The van der Waals surface area contributed by atoms with E-state index in [1.165, 1.54) is 0 Å². The van der Waals surface area contributed by atoms with Crippen molar-refractivity contribution in [1.82, 2.24) is 4.90 Å². The SMILES string of the molecule is CC(C(=O)Nc1cccc(N2CCCC2=O)c1)N(C)CCC(=O)O.Cl. The number of carboxylic acid groups (broad SMARTS) is 1. The number of nitrogens with one attached hydrogen (secondary N) is 1. The standard InChI is InChI=1S/C17H23N3O4.ClH/c1-12(19(2)10-8-16(22)23)17(24)18-13-5-3-6-14(11-13)20-9-4-7-15(20)21;/h3,5-6,11-12H,4,7-10H2,1-2H3,(H,18,24)(H,22,23);1H. The summed E-state index contributed by atoms with van der Waals surface area (Å²) in [6.07, 6.45) is 1.39. The molecule has 0 saturated carbocycles. The minimum absolute atomic E-state index is 0. The maximum Gasteiger partial charge on any atom is 0.304 e. The number of carbonyl (C=O) groups is 3. The van der Waals surface area contributed by atoms with Gasteiger partial charge < -0.3 is 15.3 Å². The Kier molecular flexibility index (Phi) is 7.86. The van der Waals surface area contributed by atoms with Gasteiger partial charge in [-0.2, -0.15) is 0 Å². The molecule has 2 rings (SSSR count). The fourth-order valence-electron chi connectivity index (χ4n) is 2.59. The van der Waals surface area contributed by atoms with E-state index in [2.05, 4.69) is 5.32 Å². The van der Waals surface area contributed by atoms with Crippen LogP contribution >= 0.6 is 12.4 Å². The Morgan fingerprint density at radius 3 is 2.72 bits per heavy atom. The molecule has 1 aliphatic rings. The van der Waals surface area contributed by atoms with Crippen LogP contribution in [0.25, 0.3) is 0 Å². The molecular formula is C17H24ClN3O4. The van der Waals surface area contributed by atoms with Gasteiger partial charge in [0.25, 0.3) is 0 Å². The molecule has 1 saturated heterocycles. The average molecular weight is 370 g/mol. The van der Waals surface area contributed by atoms with Crippen molar-refractivity contribution in [2.45, 2.75) is 32.2 Å². The van der Waals surface area contributed by atoms with Crippen molar-refractivity contribution in [3.05, 3.63) is 24.3 Å². The second-order valence-electron chi connectivity index (χ2n) is 5.99. The molecule has 2 amide bonds. The molecule has 1 fully saturated rings. The normalized spacial score (nSPS) is 15.0.